The highest BCUT2D eigenvalue weighted by Crippen LogP contribution is 2.21. The molecule has 2 aromatic carbocycles. The van der Waals surface area contributed by atoms with Crippen molar-refractivity contribution in [2.75, 3.05) is 37.0 Å². The van der Waals surface area contributed by atoms with Crippen molar-refractivity contribution in [3.63, 3.8) is 0 Å². The molecule has 1 fully saturated rings. The molecule has 3 rings (SSSR count). The molecule has 1 heterocycles. The fourth-order valence-electron chi connectivity index (χ4n) is 3.31. The first-order valence-corrected chi connectivity index (χ1v) is 10.2. The van der Waals surface area contributed by atoms with Crippen LogP contribution in [-0.4, -0.2) is 39.1 Å². The second-order valence-corrected chi connectivity index (χ2v) is 7.42. The van der Waals surface area contributed by atoms with Crippen molar-refractivity contribution in [3.05, 3.63) is 59.7 Å². The van der Waals surface area contributed by atoms with E-state index in [1.165, 1.54) is 11.3 Å². The number of hydrogen-bond acceptors (Lipinski definition) is 3. The topological polar surface area (TPSA) is 60.0 Å². The maximum absolute atomic E-state index is 11.9. The van der Waals surface area contributed by atoms with Gasteiger partial charge in [0.05, 0.1) is 6.54 Å². The molecule has 0 atom stereocenters. The van der Waals surface area contributed by atoms with Crippen molar-refractivity contribution in [1.82, 2.24) is 10.6 Å². The number of benzene rings is 2. The maximum atomic E-state index is 11.9. The number of anilines is 2. The molecule has 0 radical (unpaired) electrons. The molecule has 0 saturated carbocycles. The number of nitrogens with zero attached hydrogens (tertiary/aromatic N) is 3. The first-order valence-electron chi connectivity index (χ1n) is 10.2. The lowest BCUT2D eigenvalue weighted by atomic mass is 10.2. The number of aliphatic imine (C=N–C) groups is 1. The lowest BCUT2D eigenvalue weighted by molar-refractivity contribution is -0.117. The van der Waals surface area contributed by atoms with E-state index in [4.69, 9.17) is 4.99 Å². The number of hydrogen-bond donors (Lipinski definition) is 2. The Labute approximate surface area is 173 Å². The quantitative estimate of drug-likeness (QED) is 0.560. The zero-order valence-corrected chi connectivity index (χ0v) is 17.6. The second kappa shape index (κ2) is 9.96. The highest BCUT2D eigenvalue weighted by atomic mass is 16.2. The summed E-state index contributed by atoms with van der Waals surface area (Å²) in [5.41, 5.74) is 4.49. The molecular formula is C23H31N5O. The van der Waals surface area contributed by atoms with Crippen molar-refractivity contribution in [2.45, 2.75) is 32.9 Å². The minimum absolute atomic E-state index is 0.219. The summed E-state index contributed by atoms with van der Waals surface area (Å²) in [7, 11) is 4.08. The molecular weight excluding hydrogens is 362 g/mol. The number of carbonyl (C=O) groups excluding carboxylic acids is 1. The number of rotatable bonds is 7. The smallest absolute Gasteiger partial charge is 0.227 e. The monoisotopic (exact) mass is 393 g/mol. The molecule has 6 heteroatoms. The summed E-state index contributed by atoms with van der Waals surface area (Å²) in [5.74, 6) is 1.01. The van der Waals surface area contributed by atoms with E-state index < -0.39 is 0 Å². The van der Waals surface area contributed by atoms with Crippen LogP contribution in [0.4, 0.5) is 11.4 Å². The zero-order chi connectivity index (χ0) is 20.6. The average molecular weight is 394 g/mol. The van der Waals surface area contributed by atoms with Gasteiger partial charge in [-0.05, 0) is 48.7 Å². The third-order valence-electron chi connectivity index (χ3n) is 5.00. The van der Waals surface area contributed by atoms with Crippen molar-refractivity contribution in [3.8, 4) is 0 Å². The summed E-state index contributed by atoms with van der Waals surface area (Å²) >= 11 is 0. The van der Waals surface area contributed by atoms with Gasteiger partial charge in [-0.15, -0.1) is 0 Å². The molecule has 1 aliphatic heterocycles. The van der Waals surface area contributed by atoms with E-state index in [0.717, 1.165) is 36.7 Å². The molecule has 1 saturated heterocycles. The Morgan fingerprint density at radius 1 is 1.03 bits per heavy atom. The van der Waals surface area contributed by atoms with Crippen LogP contribution in [0.1, 0.15) is 30.9 Å². The predicted octanol–water partition coefficient (Wildman–Crippen LogP) is 3.13. The third kappa shape index (κ3) is 5.73. The van der Waals surface area contributed by atoms with Crippen LogP contribution in [0, 0.1) is 0 Å². The summed E-state index contributed by atoms with van der Waals surface area (Å²) in [6, 6.07) is 16.6. The molecule has 1 amide bonds. The van der Waals surface area contributed by atoms with E-state index in [-0.39, 0.29) is 5.91 Å². The van der Waals surface area contributed by atoms with Gasteiger partial charge in [0.25, 0.3) is 0 Å². The van der Waals surface area contributed by atoms with Crippen molar-refractivity contribution in [2.24, 2.45) is 4.99 Å². The van der Waals surface area contributed by atoms with Crippen LogP contribution >= 0.6 is 0 Å². The van der Waals surface area contributed by atoms with Gasteiger partial charge in [-0.25, -0.2) is 4.99 Å². The first-order chi connectivity index (χ1) is 14.1. The van der Waals surface area contributed by atoms with E-state index >= 15 is 0 Å². The van der Waals surface area contributed by atoms with Gasteiger partial charge in [0, 0.05) is 51.5 Å². The van der Waals surface area contributed by atoms with Gasteiger partial charge in [0.2, 0.25) is 5.91 Å². The summed E-state index contributed by atoms with van der Waals surface area (Å²) in [6.45, 7) is 4.99. The summed E-state index contributed by atoms with van der Waals surface area (Å²) in [6.07, 6.45) is 1.60. The fourth-order valence-corrected chi connectivity index (χ4v) is 3.31. The fraction of sp³-hybridized carbons (Fsp3) is 0.391. The van der Waals surface area contributed by atoms with Gasteiger partial charge in [-0.3, -0.25) is 4.79 Å². The SMILES string of the molecule is CCNC(=NCc1ccc(N(C)C)cc1)NCc1ccc(N2CCCC2=O)cc1. The van der Waals surface area contributed by atoms with E-state index in [9.17, 15) is 4.79 Å². The van der Waals surface area contributed by atoms with Gasteiger partial charge in [0.1, 0.15) is 0 Å². The standard InChI is InChI=1S/C23H31N5O/c1-4-24-23(25-16-18-7-11-20(12-8-18)27(2)3)26-17-19-9-13-21(14-10-19)28-15-5-6-22(28)29/h7-14H,4-6,15-17H2,1-3H3,(H2,24,25,26). The Morgan fingerprint density at radius 2 is 1.72 bits per heavy atom. The maximum Gasteiger partial charge on any atom is 0.227 e. The Morgan fingerprint density at radius 3 is 2.31 bits per heavy atom. The van der Waals surface area contributed by atoms with E-state index in [0.29, 0.717) is 19.5 Å². The highest BCUT2D eigenvalue weighted by molar-refractivity contribution is 5.95. The van der Waals surface area contributed by atoms with Crippen LogP contribution in [-0.2, 0) is 17.9 Å². The third-order valence-corrected chi connectivity index (χ3v) is 5.00. The van der Waals surface area contributed by atoms with E-state index in [1.807, 2.05) is 31.1 Å². The molecule has 0 aromatic heterocycles. The molecule has 1 aliphatic rings. The molecule has 6 nitrogen and oxygen atoms in total. The predicted molar refractivity (Wildman–Crippen MR) is 120 cm³/mol. The Kier molecular flexibility index (Phi) is 7.11. The summed E-state index contributed by atoms with van der Waals surface area (Å²) in [4.78, 5) is 20.5. The zero-order valence-electron chi connectivity index (χ0n) is 17.6. The molecule has 2 aromatic rings. The Bertz CT molecular complexity index is 827. The Balaban J connectivity index is 1.57. The first kappa shape index (κ1) is 20.7. The largest absolute Gasteiger partial charge is 0.378 e. The van der Waals surface area contributed by atoms with Crippen LogP contribution in [0.25, 0.3) is 0 Å². The number of nitrogens with one attached hydrogen (secondary N) is 2. The molecule has 2 N–H and O–H groups in total. The minimum Gasteiger partial charge on any atom is -0.378 e. The van der Waals surface area contributed by atoms with Crippen LogP contribution in [0.5, 0.6) is 0 Å². The number of amides is 1. The van der Waals surface area contributed by atoms with Crippen LogP contribution in [0.15, 0.2) is 53.5 Å². The minimum atomic E-state index is 0.219. The van der Waals surface area contributed by atoms with Gasteiger partial charge in [-0.2, -0.15) is 0 Å². The summed E-state index contributed by atoms with van der Waals surface area (Å²) < 4.78 is 0. The molecule has 0 unspecified atom stereocenters. The molecule has 0 bridgehead atoms. The lowest BCUT2D eigenvalue weighted by Crippen LogP contribution is -2.36. The van der Waals surface area contributed by atoms with Gasteiger partial charge < -0.3 is 20.4 Å². The average Bonchev–Trinajstić information content (AvgIpc) is 3.16. The van der Waals surface area contributed by atoms with Gasteiger partial charge >= 0.3 is 0 Å². The normalized spacial score (nSPS) is 14.2. The van der Waals surface area contributed by atoms with Crippen LogP contribution in [0.2, 0.25) is 0 Å². The molecule has 154 valence electrons. The van der Waals surface area contributed by atoms with Crippen molar-refractivity contribution in [1.29, 1.82) is 0 Å². The highest BCUT2D eigenvalue weighted by Gasteiger charge is 2.21. The van der Waals surface area contributed by atoms with Gasteiger partial charge in [-0.1, -0.05) is 24.3 Å². The van der Waals surface area contributed by atoms with Crippen molar-refractivity contribution < 1.29 is 4.79 Å². The van der Waals surface area contributed by atoms with E-state index in [1.54, 1.807) is 0 Å². The molecule has 0 aliphatic carbocycles. The van der Waals surface area contributed by atoms with Gasteiger partial charge in [0.15, 0.2) is 5.96 Å². The van der Waals surface area contributed by atoms with E-state index in [2.05, 4.69) is 58.9 Å². The number of carbonyl (C=O) groups is 1. The molecule has 29 heavy (non-hydrogen) atoms. The summed E-state index contributed by atoms with van der Waals surface area (Å²) in [5, 5.41) is 6.68. The van der Waals surface area contributed by atoms with Crippen LogP contribution < -0.4 is 20.4 Å². The Hall–Kier alpha value is -3.02. The van der Waals surface area contributed by atoms with Crippen molar-refractivity contribution >= 4 is 23.2 Å². The lowest BCUT2D eigenvalue weighted by Gasteiger charge is -2.16. The second-order valence-electron chi connectivity index (χ2n) is 7.42. The number of guanidine groups is 1. The van der Waals surface area contributed by atoms with Crippen LogP contribution in [0.3, 0.4) is 0 Å². The molecule has 0 spiro atoms.